The summed E-state index contributed by atoms with van der Waals surface area (Å²) >= 11 is 2.77. The van der Waals surface area contributed by atoms with Crippen LogP contribution in [0.5, 0.6) is 0 Å². The van der Waals surface area contributed by atoms with Crippen molar-refractivity contribution in [1.82, 2.24) is 0 Å². The molecule has 0 aromatic heterocycles. The van der Waals surface area contributed by atoms with Crippen LogP contribution >= 0.6 is 26.6 Å². The van der Waals surface area contributed by atoms with Crippen molar-refractivity contribution in [1.29, 1.82) is 0 Å². The van der Waals surface area contributed by atoms with Crippen molar-refractivity contribution in [3.63, 3.8) is 0 Å². The van der Waals surface area contributed by atoms with E-state index in [0.29, 0.717) is 6.42 Å². The van der Waals surface area contributed by atoms with E-state index in [0.717, 1.165) is 18.6 Å². The fraction of sp³-hybridized carbons (Fsp3) is 0.364. The summed E-state index contributed by atoms with van der Waals surface area (Å²) in [6.07, 6.45) is 1.51. The van der Waals surface area contributed by atoms with Crippen LogP contribution in [0, 0.1) is 5.82 Å². The van der Waals surface area contributed by atoms with E-state index in [2.05, 4.69) is 15.9 Å². The van der Waals surface area contributed by atoms with Crippen LogP contribution in [0.3, 0.4) is 0 Å². The maximum Gasteiger partial charge on any atom is 0.338 e. The number of rotatable bonds is 5. The molecule has 0 aliphatic heterocycles. The fourth-order valence-corrected chi connectivity index (χ4v) is 3.34. The minimum Gasteiger partial charge on any atom is -0.462 e. The third-order valence-electron chi connectivity index (χ3n) is 2.22. The van der Waals surface area contributed by atoms with Gasteiger partial charge >= 0.3 is 5.97 Å². The van der Waals surface area contributed by atoms with Crippen LogP contribution in [-0.2, 0) is 13.8 Å². The Morgan fingerprint density at radius 3 is 2.63 bits per heavy atom. The minimum absolute atomic E-state index is 0.190. The van der Waals surface area contributed by atoms with E-state index in [4.69, 9.17) is 15.4 Å². The summed E-state index contributed by atoms with van der Waals surface area (Å²) in [6.45, 7) is 2.11. The highest BCUT2D eigenvalue weighted by atomic mass is 79.9. The average molecular weight is 374 g/mol. The number of unbranched alkanes of at least 4 members (excludes halogenated alkanes) is 1. The van der Waals surface area contributed by atoms with Crippen LogP contribution in [-0.4, -0.2) is 21.0 Å². The molecule has 0 amide bonds. The average Bonchev–Trinajstić information content (AvgIpc) is 2.31. The van der Waals surface area contributed by atoms with Crippen molar-refractivity contribution in [2.24, 2.45) is 0 Å². The molecule has 106 valence electrons. The second-order valence-electron chi connectivity index (χ2n) is 3.70. The lowest BCUT2D eigenvalue weighted by Crippen LogP contribution is -2.08. The molecule has 0 saturated carbocycles. The van der Waals surface area contributed by atoms with Gasteiger partial charge < -0.3 is 4.74 Å². The largest absolute Gasteiger partial charge is 0.462 e. The second kappa shape index (κ2) is 6.67. The smallest absolute Gasteiger partial charge is 0.338 e. The summed E-state index contributed by atoms with van der Waals surface area (Å²) in [5.41, 5.74) is -0.198. The fourth-order valence-electron chi connectivity index (χ4n) is 1.25. The molecular weight excluding hydrogens is 363 g/mol. The zero-order chi connectivity index (χ0) is 14.6. The summed E-state index contributed by atoms with van der Waals surface area (Å²) in [4.78, 5) is 11.1. The second-order valence-corrected chi connectivity index (χ2v) is 7.02. The Morgan fingerprint density at radius 1 is 1.47 bits per heavy atom. The molecule has 1 aromatic carbocycles. The summed E-state index contributed by atoms with van der Waals surface area (Å²) in [5.74, 6) is -1.69. The lowest BCUT2D eigenvalue weighted by atomic mass is 10.2. The molecule has 0 aliphatic rings. The maximum absolute atomic E-state index is 13.5. The molecule has 4 nitrogen and oxygen atoms in total. The van der Waals surface area contributed by atoms with Crippen LogP contribution < -0.4 is 0 Å². The molecule has 0 N–H and O–H groups in total. The maximum atomic E-state index is 13.5. The van der Waals surface area contributed by atoms with Gasteiger partial charge in [-0.25, -0.2) is 17.6 Å². The van der Waals surface area contributed by atoms with Gasteiger partial charge in [-0.15, -0.1) is 0 Å². The predicted octanol–water partition coefficient (Wildman–Crippen LogP) is 3.47. The Kier molecular flexibility index (Phi) is 5.76. The molecule has 0 fully saturated rings. The van der Waals surface area contributed by atoms with E-state index in [1.54, 1.807) is 0 Å². The third kappa shape index (κ3) is 4.43. The van der Waals surface area contributed by atoms with Gasteiger partial charge in [-0.1, -0.05) is 13.3 Å². The van der Waals surface area contributed by atoms with Crippen LogP contribution in [0.25, 0.3) is 0 Å². The van der Waals surface area contributed by atoms with Crippen molar-refractivity contribution < 1.29 is 22.3 Å². The van der Waals surface area contributed by atoms with E-state index in [-0.39, 0.29) is 16.6 Å². The van der Waals surface area contributed by atoms with Crippen LogP contribution in [0.4, 0.5) is 4.39 Å². The Hall–Kier alpha value is -0.660. The van der Waals surface area contributed by atoms with Gasteiger partial charge in [-0.3, -0.25) is 0 Å². The number of carbonyl (C=O) groups is 1. The zero-order valence-electron chi connectivity index (χ0n) is 9.95. The van der Waals surface area contributed by atoms with Crippen molar-refractivity contribution in [2.75, 3.05) is 6.61 Å². The number of halogens is 3. The van der Waals surface area contributed by atoms with E-state index < -0.39 is 25.7 Å². The normalized spacial score (nSPS) is 11.4. The summed E-state index contributed by atoms with van der Waals surface area (Å²) in [5, 5.41) is 0. The molecular formula is C11H11BrClFO4S. The monoisotopic (exact) mass is 372 g/mol. The zero-order valence-corrected chi connectivity index (χ0v) is 13.1. The van der Waals surface area contributed by atoms with Crippen LogP contribution in [0.2, 0.25) is 0 Å². The van der Waals surface area contributed by atoms with Crippen molar-refractivity contribution in [3.05, 3.63) is 28.0 Å². The summed E-state index contributed by atoms with van der Waals surface area (Å²) < 4.78 is 40.6. The Bertz CT molecular complexity index is 589. The lowest BCUT2D eigenvalue weighted by molar-refractivity contribution is 0.0499. The molecule has 19 heavy (non-hydrogen) atoms. The third-order valence-corrected chi connectivity index (χ3v) is 4.64. The van der Waals surface area contributed by atoms with Crippen LogP contribution in [0.1, 0.15) is 30.1 Å². The van der Waals surface area contributed by atoms with Gasteiger partial charge in [0.05, 0.1) is 16.6 Å². The molecule has 0 radical (unpaired) electrons. The lowest BCUT2D eigenvalue weighted by Gasteiger charge is -2.07. The van der Waals surface area contributed by atoms with Gasteiger partial charge in [0.15, 0.2) is 0 Å². The first kappa shape index (κ1) is 16.4. The summed E-state index contributed by atoms with van der Waals surface area (Å²) in [7, 11) is 1.00. The number of benzene rings is 1. The van der Waals surface area contributed by atoms with Gasteiger partial charge in [0.1, 0.15) is 10.7 Å². The van der Waals surface area contributed by atoms with Gasteiger partial charge in [0.2, 0.25) is 0 Å². The molecule has 0 bridgehead atoms. The molecule has 1 rings (SSSR count). The molecule has 1 aromatic rings. The van der Waals surface area contributed by atoms with Gasteiger partial charge in [0, 0.05) is 10.7 Å². The van der Waals surface area contributed by atoms with Crippen molar-refractivity contribution in [3.8, 4) is 0 Å². The Labute approximate surface area is 123 Å². The van der Waals surface area contributed by atoms with E-state index in [1.807, 2.05) is 6.92 Å². The van der Waals surface area contributed by atoms with Crippen molar-refractivity contribution >= 4 is 41.6 Å². The quantitative estimate of drug-likeness (QED) is 0.450. The topological polar surface area (TPSA) is 60.4 Å². The van der Waals surface area contributed by atoms with E-state index >= 15 is 0 Å². The molecule has 0 unspecified atom stereocenters. The molecule has 0 atom stereocenters. The highest BCUT2D eigenvalue weighted by Gasteiger charge is 2.21. The molecule has 0 aliphatic carbocycles. The molecule has 0 saturated heterocycles. The number of carbonyl (C=O) groups excluding carboxylic acids is 1. The highest BCUT2D eigenvalue weighted by Crippen LogP contribution is 2.29. The Morgan fingerprint density at radius 2 is 2.11 bits per heavy atom. The number of esters is 1. The highest BCUT2D eigenvalue weighted by molar-refractivity contribution is 9.10. The number of hydrogen-bond acceptors (Lipinski definition) is 4. The number of hydrogen-bond donors (Lipinski definition) is 0. The van der Waals surface area contributed by atoms with Gasteiger partial charge in [-0.2, -0.15) is 0 Å². The standard InChI is InChI=1S/C11H11BrClFO4S/c1-2-3-4-18-11(15)7-5-8(14)10(12)9(6-7)19(13,16)17/h5-6H,2-4H2,1H3. The van der Waals surface area contributed by atoms with Crippen molar-refractivity contribution in [2.45, 2.75) is 24.7 Å². The molecule has 0 heterocycles. The summed E-state index contributed by atoms with van der Waals surface area (Å²) in [6, 6.07) is 1.87. The Balaban J connectivity index is 3.11. The van der Waals surface area contributed by atoms with Gasteiger partial charge in [-0.05, 0) is 34.5 Å². The first-order valence-corrected chi connectivity index (χ1v) is 8.48. The van der Waals surface area contributed by atoms with E-state index in [1.165, 1.54) is 0 Å². The molecule has 0 spiro atoms. The van der Waals surface area contributed by atoms with Gasteiger partial charge in [0.25, 0.3) is 9.05 Å². The van der Waals surface area contributed by atoms with Crippen LogP contribution in [0.15, 0.2) is 21.5 Å². The van der Waals surface area contributed by atoms with E-state index in [9.17, 15) is 17.6 Å². The predicted molar refractivity (Wildman–Crippen MR) is 72.3 cm³/mol. The molecule has 8 heteroatoms. The SMILES string of the molecule is CCCCOC(=O)c1cc(F)c(Br)c(S(=O)(=O)Cl)c1. The number of ether oxygens (including phenoxy) is 1. The minimum atomic E-state index is -4.16. The first-order chi connectivity index (χ1) is 8.77. The first-order valence-electron chi connectivity index (χ1n) is 5.38.